The van der Waals surface area contributed by atoms with Gasteiger partial charge in [-0.2, -0.15) is 26.3 Å². The van der Waals surface area contributed by atoms with E-state index in [2.05, 4.69) is 4.74 Å². The molecule has 0 saturated carbocycles. The van der Waals surface area contributed by atoms with Gasteiger partial charge in [0.1, 0.15) is 0 Å². The maximum atomic E-state index is 13.3. The Hall–Kier alpha value is -3.32. The molecule has 0 aliphatic rings. The lowest BCUT2D eigenvalue weighted by molar-refractivity contribution is -0.251. The zero-order valence-corrected chi connectivity index (χ0v) is 18.7. The summed E-state index contributed by atoms with van der Waals surface area (Å²) < 4.78 is 108. The number of carbonyl (C=O) groups excluding carboxylic acids is 1. The highest BCUT2D eigenvalue weighted by atomic mass is 32.2. The number of alkyl halides is 6. The molecular formula is C22H18F6N2O4S. The maximum absolute atomic E-state index is 13.3. The van der Waals surface area contributed by atoms with Gasteiger partial charge in [0.2, 0.25) is 6.23 Å². The lowest BCUT2D eigenvalue weighted by Crippen LogP contribution is -2.47. The van der Waals surface area contributed by atoms with E-state index in [4.69, 9.17) is 0 Å². The Bertz CT molecular complexity index is 1280. The largest absolute Gasteiger partial charge is 0.490 e. The van der Waals surface area contributed by atoms with Crippen LogP contribution in [0.4, 0.5) is 26.3 Å². The second-order valence-corrected chi connectivity index (χ2v) is 9.23. The average Bonchev–Trinajstić information content (AvgIpc) is 3.21. The fraction of sp³-hybridized carbons (Fsp3) is 0.227. The van der Waals surface area contributed by atoms with Gasteiger partial charge in [-0.1, -0.05) is 48.0 Å². The Labute approximate surface area is 196 Å². The van der Waals surface area contributed by atoms with Crippen LogP contribution in [0.15, 0.2) is 71.8 Å². The molecule has 0 aliphatic heterocycles. The topological polar surface area (TPSA) is 77.4 Å². The zero-order chi connectivity index (χ0) is 26.0. The monoisotopic (exact) mass is 520 g/mol. The number of nitrogens with one attached hydrogen (secondary N) is 1. The third-order valence-corrected chi connectivity index (χ3v) is 6.42. The molecule has 0 fully saturated rings. The first-order valence-electron chi connectivity index (χ1n) is 9.86. The molecular weight excluding hydrogens is 502 g/mol. The summed E-state index contributed by atoms with van der Waals surface area (Å²) in [6.07, 6.45) is -13.2. The minimum absolute atomic E-state index is 0.0168. The summed E-state index contributed by atoms with van der Waals surface area (Å²) in [6.45, 7) is 0.999. The van der Waals surface area contributed by atoms with Gasteiger partial charge < -0.3 is 4.74 Å². The number of aromatic nitrogens is 1. The van der Waals surface area contributed by atoms with Crippen LogP contribution >= 0.6 is 0 Å². The molecule has 1 heterocycles. The fourth-order valence-corrected chi connectivity index (χ4v) is 4.44. The standard InChI is InChI=1S/C22H18F6N2O4S/c1-14-7-9-17(10-8-14)35(32,33)30-13-15(11-18(30)16-5-3-2-4-6-16)12-29-19(21(23,24)25)34-20(31)22(26,27)28/h2-11,13,19,29H,12H2,1H3. The van der Waals surface area contributed by atoms with Gasteiger partial charge in [-0.25, -0.2) is 17.2 Å². The highest BCUT2D eigenvalue weighted by Crippen LogP contribution is 2.29. The van der Waals surface area contributed by atoms with Crippen LogP contribution in [0.3, 0.4) is 0 Å². The molecule has 0 saturated heterocycles. The number of halogens is 6. The van der Waals surface area contributed by atoms with Crippen molar-refractivity contribution in [1.29, 1.82) is 0 Å². The molecule has 0 radical (unpaired) electrons. The van der Waals surface area contributed by atoms with Gasteiger partial charge >= 0.3 is 18.3 Å². The van der Waals surface area contributed by atoms with Crippen molar-refractivity contribution in [2.75, 3.05) is 0 Å². The van der Waals surface area contributed by atoms with E-state index >= 15 is 0 Å². The third kappa shape index (κ3) is 6.22. The molecule has 1 unspecified atom stereocenters. The summed E-state index contributed by atoms with van der Waals surface area (Å²) in [5, 5.41) is 1.69. The van der Waals surface area contributed by atoms with Crippen molar-refractivity contribution < 1.29 is 44.3 Å². The van der Waals surface area contributed by atoms with E-state index in [0.29, 0.717) is 5.56 Å². The summed E-state index contributed by atoms with van der Waals surface area (Å²) >= 11 is 0. The highest BCUT2D eigenvalue weighted by Gasteiger charge is 2.49. The van der Waals surface area contributed by atoms with Crippen LogP contribution < -0.4 is 5.32 Å². The second kappa shape index (κ2) is 9.74. The Morgan fingerprint density at radius 1 is 1.00 bits per heavy atom. The van der Waals surface area contributed by atoms with Crippen molar-refractivity contribution in [2.24, 2.45) is 0 Å². The zero-order valence-electron chi connectivity index (χ0n) is 17.9. The molecule has 1 N–H and O–H groups in total. The normalized spacial score (nSPS) is 13.5. The molecule has 2 aromatic carbocycles. The van der Waals surface area contributed by atoms with E-state index in [1.54, 1.807) is 54.7 Å². The van der Waals surface area contributed by atoms with E-state index < -0.39 is 41.1 Å². The molecule has 188 valence electrons. The number of nitrogens with zero attached hydrogens (tertiary/aromatic N) is 1. The molecule has 3 aromatic rings. The number of hydrogen-bond acceptors (Lipinski definition) is 5. The molecule has 0 spiro atoms. The maximum Gasteiger partial charge on any atom is 0.490 e. The van der Waals surface area contributed by atoms with Gasteiger partial charge in [-0.3, -0.25) is 5.32 Å². The van der Waals surface area contributed by atoms with Crippen molar-refractivity contribution in [3.05, 3.63) is 78.0 Å². The van der Waals surface area contributed by atoms with Crippen molar-refractivity contribution in [1.82, 2.24) is 9.29 Å². The molecule has 1 aromatic heterocycles. The first-order valence-corrected chi connectivity index (χ1v) is 11.3. The summed E-state index contributed by atoms with van der Waals surface area (Å²) in [7, 11) is -4.19. The summed E-state index contributed by atoms with van der Waals surface area (Å²) in [4.78, 5) is 10.8. The number of aryl methyl sites for hydroxylation is 1. The quantitative estimate of drug-likeness (QED) is 0.276. The molecule has 13 heteroatoms. The predicted molar refractivity (Wildman–Crippen MR) is 112 cm³/mol. The van der Waals surface area contributed by atoms with Crippen molar-refractivity contribution in [3.8, 4) is 11.3 Å². The van der Waals surface area contributed by atoms with Crippen LogP contribution in [0.5, 0.6) is 0 Å². The Morgan fingerprint density at radius 3 is 2.14 bits per heavy atom. The van der Waals surface area contributed by atoms with E-state index in [1.807, 2.05) is 0 Å². The Kier molecular flexibility index (Phi) is 7.31. The number of ether oxygens (including phenoxy) is 1. The Morgan fingerprint density at radius 2 is 1.60 bits per heavy atom. The highest BCUT2D eigenvalue weighted by molar-refractivity contribution is 7.90. The van der Waals surface area contributed by atoms with E-state index in [-0.39, 0.29) is 16.2 Å². The van der Waals surface area contributed by atoms with Crippen molar-refractivity contribution in [3.63, 3.8) is 0 Å². The van der Waals surface area contributed by atoms with Crippen LogP contribution in [-0.2, 0) is 26.1 Å². The lowest BCUT2D eigenvalue weighted by atomic mass is 10.1. The van der Waals surface area contributed by atoms with Crippen LogP contribution in [0.2, 0.25) is 0 Å². The van der Waals surface area contributed by atoms with Gasteiger partial charge in [-0.15, -0.1) is 0 Å². The first-order chi connectivity index (χ1) is 16.2. The van der Waals surface area contributed by atoms with Gasteiger partial charge in [0, 0.05) is 12.7 Å². The van der Waals surface area contributed by atoms with Gasteiger partial charge in [0.05, 0.1) is 10.6 Å². The number of rotatable bonds is 7. The molecule has 1 atom stereocenters. The number of hydrogen-bond donors (Lipinski definition) is 1. The number of esters is 1. The van der Waals surface area contributed by atoms with E-state index in [1.165, 1.54) is 18.2 Å². The lowest BCUT2D eigenvalue weighted by Gasteiger charge is -2.22. The summed E-state index contributed by atoms with van der Waals surface area (Å²) in [6, 6.07) is 15.2. The minimum atomic E-state index is -5.63. The molecule has 35 heavy (non-hydrogen) atoms. The van der Waals surface area contributed by atoms with Gasteiger partial charge in [0.15, 0.2) is 0 Å². The van der Waals surface area contributed by atoms with Gasteiger partial charge in [0.25, 0.3) is 10.0 Å². The van der Waals surface area contributed by atoms with Crippen LogP contribution in [0, 0.1) is 6.92 Å². The van der Waals surface area contributed by atoms with Crippen LogP contribution in [-0.4, -0.2) is 36.9 Å². The molecule has 0 amide bonds. The average molecular weight is 520 g/mol. The summed E-state index contributed by atoms with van der Waals surface area (Å²) in [5.41, 5.74) is 1.32. The van der Waals surface area contributed by atoms with E-state index in [9.17, 15) is 39.6 Å². The Balaban J connectivity index is 1.97. The predicted octanol–water partition coefficient (Wildman–Crippen LogP) is 4.78. The molecule has 0 bridgehead atoms. The third-order valence-electron chi connectivity index (χ3n) is 4.74. The van der Waals surface area contributed by atoms with E-state index in [0.717, 1.165) is 15.7 Å². The van der Waals surface area contributed by atoms with Crippen LogP contribution in [0.1, 0.15) is 11.1 Å². The molecule has 3 rings (SSSR count). The smallest absolute Gasteiger partial charge is 0.430 e. The molecule has 0 aliphatic carbocycles. The SMILES string of the molecule is Cc1ccc(S(=O)(=O)n2cc(CNC(OC(=O)C(F)(F)F)C(F)(F)F)cc2-c2ccccc2)cc1. The van der Waals surface area contributed by atoms with Crippen molar-refractivity contribution >= 4 is 16.0 Å². The van der Waals surface area contributed by atoms with Gasteiger partial charge in [-0.05, 0) is 36.2 Å². The summed E-state index contributed by atoms with van der Waals surface area (Å²) in [5.74, 6) is -3.02. The first kappa shape index (κ1) is 26.3. The van der Waals surface area contributed by atoms with Crippen LogP contribution in [0.25, 0.3) is 11.3 Å². The second-order valence-electron chi connectivity index (χ2n) is 7.42. The van der Waals surface area contributed by atoms with Crippen molar-refractivity contribution in [2.45, 2.75) is 36.9 Å². The molecule has 6 nitrogen and oxygen atoms in total. The number of carbonyl (C=O) groups is 1. The fourth-order valence-electron chi connectivity index (χ4n) is 3.04. The minimum Gasteiger partial charge on any atom is -0.430 e. The number of benzene rings is 2.